The van der Waals surface area contributed by atoms with E-state index in [1.54, 1.807) is 23.5 Å². The van der Waals surface area contributed by atoms with Crippen molar-refractivity contribution in [2.75, 3.05) is 5.73 Å². The molecule has 0 radical (unpaired) electrons. The molecular weight excluding hydrogens is 254 g/mol. The maximum atomic E-state index is 12.6. The number of hydrogen-bond donors (Lipinski definition) is 1. The number of rotatable bonds is 2. The summed E-state index contributed by atoms with van der Waals surface area (Å²) in [6, 6.07) is 13.4. The second kappa shape index (κ2) is 4.52. The van der Waals surface area contributed by atoms with Crippen molar-refractivity contribution >= 4 is 32.9 Å². The first kappa shape index (κ1) is 11.9. The van der Waals surface area contributed by atoms with Gasteiger partial charge in [0.25, 0.3) is 0 Å². The lowest BCUT2D eigenvalue weighted by Gasteiger charge is -2.05. The second-order valence-electron chi connectivity index (χ2n) is 4.55. The second-order valence-corrected chi connectivity index (χ2v) is 5.46. The summed E-state index contributed by atoms with van der Waals surface area (Å²) < 4.78 is 1.14. The third-order valence-corrected chi connectivity index (χ3v) is 4.18. The summed E-state index contributed by atoms with van der Waals surface area (Å²) in [4.78, 5) is 12.6. The standard InChI is InChI=1S/C16H13NOS/c1-10-8-11(17)6-7-12(10)16(18)14-9-19-15-5-3-2-4-13(14)15/h2-9H,17H2,1H3. The highest BCUT2D eigenvalue weighted by Gasteiger charge is 2.15. The summed E-state index contributed by atoms with van der Waals surface area (Å²) in [6.07, 6.45) is 0. The summed E-state index contributed by atoms with van der Waals surface area (Å²) >= 11 is 1.60. The fourth-order valence-corrected chi connectivity index (χ4v) is 3.18. The smallest absolute Gasteiger partial charge is 0.194 e. The molecule has 2 N–H and O–H groups in total. The summed E-state index contributed by atoms with van der Waals surface area (Å²) in [5.74, 6) is 0.0648. The van der Waals surface area contributed by atoms with Crippen LogP contribution in [-0.4, -0.2) is 5.78 Å². The van der Waals surface area contributed by atoms with Crippen molar-refractivity contribution in [3.05, 3.63) is 64.5 Å². The average molecular weight is 267 g/mol. The van der Waals surface area contributed by atoms with Gasteiger partial charge in [-0.1, -0.05) is 18.2 Å². The fourth-order valence-electron chi connectivity index (χ4n) is 2.24. The minimum Gasteiger partial charge on any atom is -0.399 e. The zero-order valence-electron chi connectivity index (χ0n) is 10.5. The van der Waals surface area contributed by atoms with Crippen LogP contribution in [0, 0.1) is 6.92 Å². The normalized spacial score (nSPS) is 10.8. The van der Waals surface area contributed by atoms with Crippen molar-refractivity contribution in [3.8, 4) is 0 Å². The Morgan fingerprint density at radius 2 is 1.89 bits per heavy atom. The van der Waals surface area contributed by atoms with Gasteiger partial charge in [-0.05, 0) is 36.8 Å². The van der Waals surface area contributed by atoms with E-state index in [4.69, 9.17) is 5.73 Å². The molecule has 0 amide bonds. The van der Waals surface area contributed by atoms with Gasteiger partial charge in [0.2, 0.25) is 0 Å². The van der Waals surface area contributed by atoms with Gasteiger partial charge >= 0.3 is 0 Å². The Bertz CT molecular complexity index is 773. The van der Waals surface area contributed by atoms with Crippen molar-refractivity contribution in [1.29, 1.82) is 0 Å². The number of nitrogens with two attached hydrogens (primary N) is 1. The van der Waals surface area contributed by atoms with Gasteiger partial charge in [-0.25, -0.2) is 0 Å². The van der Waals surface area contributed by atoms with E-state index in [9.17, 15) is 4.79 Å². The molecule has 0 atom stereocenters. The minimum absolute atomic E-state index is 0.0648. The molecule has 0 saturated heterocycles. The summed E-state index contributed by atoms with van der Waals surface area (Å²) in [7, 11) is 0. The van der Waals surface area contributed by atoms with Crippen LogP contribution in [0.1, 0.15) is 21.5 Å². The van der Waals surface area contributed by atoms with Gasteiger partial charge in [-0.15, -0.1) is 11.3 Å². The summed E-state index contributed by atoms with van der Waals surface area (Å²) in [5.41, 5.74) is 8.82. The Morgan fingerprint density at radius 3 is 2.68 bits per heavy atom. The van der Waals surface area contributed by atoms with Crippen LogP contribution in [-0.2, 0) is 0 Å². The van der Waals surface area contributed by atoms with Gasteiger partial charge in [-0.3, -0.25) is 4.79 Å². The minimum atomic E-state index is 0.0648. The van der Waals surface area contributed by atoms with Crippen molar-refractivity contribution in [3.63, 3.8) is 0 Å². The molecule has 2 nitrogen and oxygen atoms in total. The van der Waals surface area contributed by atoms with E-state index in [1.807, 2.05) is 42.6 Å². The lowest BCUT2D eigenvalue weighted by atomic mass is 9.98. The van der Waals surface area contributed by atoms with Gasteiger partial charge in [0.05, 0.1) is 0 Å². The van der Waals surface area contributed by atoms with E-state index < -0.39 is 0 Å². The molecule has 3 rings (SSSR count). The molecule has 3 heteroatoms. The molecule has 3 aromatic rings. The van der Waals surface area contributed by atoms with Gasteiger partial charge in [0.15, 0.2) is 5.78 Å². The first-order valence-electron chi connectivity index (χ1n) is 6.04. The highest BCUT2D eigenvalue weighted by Crippen LogP contribution is 2.28. The molecule has 0 aliphatic carbocycles. The van der Waals surface area contributed by atoms with Crippen LogP contribution in [0.15, 0.2) is 47.8 Å². The monoisotopic (exact) mass is 267 g/mol. The van der Waals surface area contributed by atoms with E-state index in [0.717, 1.165) is 26.8 Å². The van der Waals surface area contributed by atoms with E-state index in [1.165, 1.54) is 0 Å². The molecule has 2 aromatic carbocycles. The largest absolute Gasteiger partial charge is 0.399 e. The highest BCUT2D eigenvalue weighted by molar-refractivity contribution is 7.17. The van der Waals surface area contributed by atoms with Crippen molar-refractivity contribution in [2.45, 2.75) is 6.92 Å². The van der Waals surface area contributed by atoms with Crippen LogP contribution in [0.4, 0.5) is 5.69 Å². The van der Waals surface area contributed by atoms with Crippen LogP contribution in [0.5, 0.6) is 0 Å². The zero-order chi connectivity index (χ0) is 13.4. The number of fused-ring (bicyclic) bond motifs is 1. The quantitative estimate of drug-likeness (QED) is 0.563. The molecule has 1 heterocycles. The number of thiophene rings is 1. The number of aryl methyl sites for hydroxylation is 1. The van der Waals surface area contributed by atoms with E-state index in [0.29, 0.717) is 5.69 Å². The molecule has 1 aromatic heterocycles. The summed E-state index contributed by atoms with van der Waals surface area (Å²) in [6.45, 7) is 1.91. The van der Waals surface area contributed by atoms with Crippen LogP contribution >= 0.6 is 11.3 Å². The molecule has 19 heavy (non-hydrogen) atoms. The molecule has 0 spiro atoms. The highest BCUT2D eigenvalue weighted by atomic mass is 32.1. The Labute approximate surface area is 115 Å². The molecule has 94 valence electrons. The number of anilines is 1. The number of nitrogen functional groups attached to an aromatic ring is 1. The fraction of sp³-hybridized carbons (Fsp3) is 0.0625. The summed E-state index contributed by atoms with van der Waals surface area (Å²) in [5, 5.41) is 2.96. The van der Waals surface area contributed by atoms with Crippen molar-refractivity contribution < 1.29 is 4.79 Å². The Morgan fingerprint density at radius 1 is 1.11 bits per heavy atom. The molecular formula is C16H13NOS. The zero-order valence-corrected chi connectivity index (χ0v) is 11.3. The first-order valence-corrected chi connectivity index (χ1v) is 6.92. The number of benzene rings is 2. The Hall–Kier alpha value is -2.13. The lowest BCUT2D eigenvalue weighted by Crippen LogP contribution is -2.03. The van der Waals surface area contributed by atoms with E-state index >= 15 is 0 Å². The van der Waals surface area contributed by atoms with Crippen LogP contribution in [0.2, 0.25) is 0 Å². The van der Waals surface area contributed by atoms with Crippen LogP contribution < -0.4 is 5.73 Å². The van der Waals surface area contributed by atoms with Crippen molar-refractivity contribution in [2.24, 2.45) is 0 Å². The average Bonchev–Trinajstić information content (AvgIpc) is 2.82. The number of carbonyl (C=O) groups is 1. The molecule has 0 fully saturated rings. The SMILES string of the molecule is Cc1cc(N)ccc1C(=O)c1csc2ccccc12. The van der Waals surface area contributed by atoms with Crippen LogP contribution in [0.3, 0.4) is 0 Å². The predicted molar refractivity (Wildman–Crippen MR) is 80.8 cm³/mol. The van der Waals surface area contributed by atoms with Gasteiger partial charge in [-0.2, -0.15) is 0 Å². The Balaban J connectivity index is 2.13. The molecule has 0 saturated carbocycles. The third kappa shape index (κ3) is 2.02. The van der Waals surface area contributed by atoms with Gasteiger partial charge in [0.1, 0.15) is 0 Å². The van der Waals surface area contributed by atoms with Crippen LogP contribution in [0.25, 0.3) is 10.1 Å². The maximum Gasteiger partial charge on any atom is 0.194 e. The maximum absolute atomic E-state index is 12.6. The van der Waals surface area contributed by atoms with Gasteiger partial charge in [0, 0.05) is 32.3 Å². The number of carbonyl (C=O) groups excluding carboxylic acids is 1. The third-order valence-electron chi connectivity index (χ3n) is 3.22. The number of ketones is 1. The van der Waals surface area contributed by atoms with E-state index in [-0.39, 0.29) is 5.78 Å². The molecule has 0 aliphatic rings. The van der Waals surface area contributed by atoms with Crippen molar-refractivity contribution in [1.82, 2.24) is 0 Å². The molecule has 0 bridgehead atoms. The topological polar surface area (TPSA) is 43.1 Å². The van der Waals surface area contributed by atoms with E-state index in [2.05, 4.69) is 0 Å². The lowest BCUT2D eigenvalue weighted by molar-refractivity contribution is 0.104. The molecule has 0 aliphatic heterocycles. The van der Waals surface area contributed by atoms with Gasteiger partial charge < -0.3 is 5.73 Å². The first-order chi connectivity index (χ1) is 9.16. The molecule has 0 unspecified atom stereocenters. The number of hydrogen-bond acceptors (Lipinski definition) is 3. The Kier molecular flexibility index (Phi) is 2.84. The predicted octanol–water partition coefficient (Wildman–Crippen LogP) is 4.02.